The molecule has 0 unspecified atom stereocenters. The maximum Gasteiger partial charge on any atom is 0.330 e. The van der Waals surface area contributed by atoms with Crippen molar-refractivity contribution >= 4 is 5.97 Å². The molecule has 0 aromatic carbocycles. The van der Waals surface area contributed by atoms with Gasteiger partial charge in [-0.1, -0.05) is 12.1 Å². The number of aromatic nitrogens is 1. The van der Waals surface area contributed by atoms with E-state index in [1.165, 1.54) is 0 Å². The highest BCUT2D eigenvalue weighted by atomic mass is 16.4. The van der Waals surface area contributed by atoms with Crippen molar-refractivity contribution in [1.82, 2.24) is 9.88 Å². The van der Waals surface area contributed by atoms with E-state index in [1.54, 1.807) is 25.4 Å². The van der Waals surface area contributed by atoms with Crippen molar-refractivity contribution in [3.8, 4) is 6.07 Å². The van der Waals surface area contributed by atoms with Crippen LogP contribution in [0.2, 0.25) is 0 Å². The monoisotopic (exact) mass is 259 g/mol. The third-order valence-corrected chi connectivity index (χ3v) is 2.66. The van der Waals surface area contributed by atoms with Crippen LogP contribution in [0.15, 0.2) is 36.2 Å². The molecule has 1 N–H and O–H groups in total. The summed E-state index contributed by atoms with van der Waals surface area (Å²) in [6.45, 7) is 3.33. The highest BCUT2D eigenvalue weighted by molar-refractivity contribution is 5.85. The normalized spacial score (nSPS) is 11.3. The van der Waals surface area contributed by atoms with Crippen molar-refractivity contribution in [1.29, 1.82) is 5.26 Å². The Kier molecular flexibility index (Phi) is 6.27. The van der Waals surface area contributed by atoms with E-state index in [9.17, 15) is 4.79 Å². The maximum atomic E-state index is 10.7. The van der Waals surface area contributed by atoms with E-state index in [-0.39, 0.29) is 0 Å². The molecule has 5 nitrogen and oxygen atoms in total. The molecule has 0 aliphatic heterocycles. The lowest BCUT2D eigenvalue weighted by atomic mass is 10.2. The zero-order valence-corrected chi connectivity index (χ0v) is 10.9. The number of carboxylic acid groups (broad SMARTS) is 1. The van der Waals surface area contributed by atoms with Gasteiger partial charge in [0.05, 0.1) is 6.07 Å². The number of aliphatic carboxylic acids is 1. The number of carboxylic acids is 1. The van der Waals surface area contributed by atoms with Crippen LogP contribution in [0.3, 0.4) is 0 Å². The largest absolute Gasteiger partial charge is 0.478 e. The van der Waals surface area contributed by atoms with E-state index in [4.69, 9.17) is 10.4 Å². The molecular weight excluding hydrogens is 242 g/mol. The number of nitriles is 1. The van der Waals surface area contributed by atoms with Gasteiger partial charge in [-0.25, -0.2) is 4.79 Å². The number of hydrogen-bond acceptors (Lipinski definition) is 4. The summed E-state index contributed by atoms with van der Waals surface area (Å²) in [6, 6.07) is 5.92. The number of rotatable bonds is 7. The number of hydrogen-bond donors (Lipinski definition) is 1. The first-order valence-corrected chi connectivity index (χ1v) is 6.01. The number of carbonyl (C=O) groups is 1. The van der Waals surface area contributed by atoms with Gasteiger partial charge < -0.3 is 5.11 Å². The Balaban J connectivity index is 2.64. The van der Waals surface area contributed by atoms with E-state index in [0.717, 1.165) is 5.56 Å². The van der Waals surface area contributed by atoms with Gasteiger partial charge in [0.2, 0.25) is 0 Å². The summed E-state index contributed by atoms with van der Waals surface area (Å²) < 4.78 is 0. The Hall–Kier alpha value is -2.19. The van der Waals surface area contributed by atoms with Crippen molar-refractivity contribution in [2.75, 3.05) is 13.1 Å². The predicted molar refractivity (Wildman–Crippen MR) is 71.1 cm³/mol. The molecule has 1 aromatic rings. The zero-order valence-electron chi connectivity index (χ0n) is 10.9. The smallest absolute Gasteiger partial charge is 0.330 e. The van der Waals surface area contributed by atoms with Gasteiger partial charge in [-0.2, -0.15) is 5.26 Å². The van der Waals surface area contributed by atoms with E-state index in [1.807, 2.05) is 17.0 Å². The molecule has 0 aliphatic carbocycles. The van der Waals surface area contributed by atoms with Crippen LogP contribution in [0.25, 0.3) is 0 Å². The third-order valence-electron chi connectivity index (χ3n) is 2.66. The molecule has 19 heavy (non-hydrogen) atoms. The van der Waals surface area contributed by atoms with E-state index < -0.39 is 5.97 Å². The summed E-state index contributed by atoms with van der Waals surface area (Å²) in [6.07, 6.45) is 5.56. The number of nitrogens with zero attached hydrogens (tertiary/aromatic N) is 3. The minimum absolute atomic E-state index is 0.313. The highest BCUT2D eigenvalue weighted by Gasteiger charge is 2.06. The Labute approximate surface area is 112 Å². The molecule has 0 spiro atoms. The topological polar surface area (TPSA) is 77.2 Å². The molecule has 0 saturated heterocycles. The summed E-state index contributed by atoms with van der Waals surface area (Å²) in [5, 5.41) is 17.5. The predicted octanol–water partition coefficient (Wildman–Crippen LogP) is 1.83. The molecule has 100 valence electrons. The van der Waals surface area contributed by atoms with Gasteiger partial charge >= 0.3 is 5.97 Å². The van der Waals surface area contributed by atoms with Crippen LogP contribution in [0.4, 0.5) is 0 Å². The second kappa shape index (κ2) is 8.01. The summed E-state index contributed by atoms with van der Waals surface area (Å²) in [4.78, 5) is 16.8. The van der Waals surface area contributed by atoms with Gasteiger partial charge in [-0.3, -0.25) is 9.88 Å². The molecule has 0 fully saturated rings. The molecule has 0 radical (unpaired) electrons. The Morgan fingerprint density at radius 1 is 1.63 bits per heavy atom. The lowest BCUT2D eigenvalue weighted by molar-refractivity contribution is -0.132. The van der Waals surface area contributed by atoms with E-state index in [2.05, 4.69) is 11.1 Å². The van der Waals surface area contributed by atoms with Crippen LogP contribution in [0.5, 0.6) is 0 Å². The average Bonchev–Trinajstić information content (AvgIpc) is 2.42. The van der Waals surface area contributed by atoms with E-state index in [0.29, 0.717) is 31.6 Å². The Morgan fingerprint density at radius 2 is 2.42 bits per heavy atom. The maximum absolute atomic E-state index is 10.7. The van der Waals surface area contributed by atoms with Crippen LogP contribution in [0.1, 0.15) is 18.9 Å². The first-order chi connectivity index (χ1) is 9.13. The van der Waals surface area contributed by atoms with Gasteiger partial charge in [0, 0.05) is 44.0 Å². The summed E-state index contributed by atoms with van der Waals surface area (Å²) in [7, 11) is 0. The van der Waals surface area contributed by atoms with Crippen molar-refractivity contribution in [3.05, 3.63) is 41.7 Å². The van der Waals surface area contributed by atoms with Gasteiger partial charge in [-0.05, 0) is 18.6 Å². The first-order valence-electron chi connectivity index (χ1n) is 6.01. The van der Waals surface area contributed by atoms with Crippen LogP contribution >= 0.6 is 0 Å². The Bertz CT molecular complexity index is 477. The lowest BCUT2D eigenvalue weighted by Gasteiger charge is -2.19. The van der Waals surface area contributed by atoms with Gasteiger partial charge in [0.1, 0.15) is 0 Å². The van der Waals surface area contributed by atoms with Gasteiger partial charge in [-0.15, -0.1) is 0 Å². The SMILES string of the molecule is CC(=CCN(CCC#N)Cc1cccnc1)C(=O)O. The molecule has 5 heteroatoms. The minimum Gasteiger partial charge on any atom is -0.478 e. The molecule has 1 rings (SSSR count). The van der Waals surface area contributed by atoms with Crippen LogP contribution in [-0.2, 0) is 11.3 Å². The summed E-state index contributed by atoms with van der Waals surface area (Å²) in [5.74, 6) is -0.915. The standard InChI is InChI=1S/C14H17N3O2/c1-12(14(18)19)5-9-17(8-3-6-15)11-13-4-2-7-16-10-13/h2,4-5,7,10H,3,8-9,11H2,1H3,(H,18,19). The van der Waals surface area contributed by atoms with Crippen molar-refractivity contribution in [3.63, 3.8) is 0 Å². The van der Waals surface area contributed by atoms with Gasteiger partial charge in [0.25, 0.3) is 0 Å². The Morgan fingerprint density at radius 3 is 3.00 bits per heavy atom. The molecule has 0 amide bonds. The fraction of sp³-hybridized carbons (Fsp3) is 0.357. The molecule has 0 aliphatic rings. The molecular formula is C14H17N3O2. The number of pyridine rings is 1. The van der Waals surface area contributed by atoms with Crippen molar-refractivity contribution in [2.45, 2.75) is 19.9 Å². The highest BCUT2D eigenvalue weighted by Crippen LogP contribution is 2.05. The fourth-order valence-electron chi connectivity index (χ4n) is 1.55. The van der Waals surface area contributed by atoms with Crippen molar-refractivity contribution in [2.24, 2.45) is 0 Å². The second-order valence-corrected chi connectivity index (χ2v) is 4.20. The molecule has 0 atom stereocenters. The first kappa shape index (κ1) is 14.9. The molecule has 1 aromatic heterocycles. The quantitative estimate of drug-likeness (QED) is 0.756. The van der Waals surface area contributed by atoms with Crippen LogP contribution < -0.4 is 0 Å². The average molecular weight is 259 g/mol. The lowest BCUT2D eigenvalue weighted by Crippen LogP contribution is -2.25. The fourth-order valence-corrected chi connectivity index (χ4v) is 1.55. The zero-order chi connectivity index (χ0) is 14.1. The third kappa shape index (κ3) is 5.80. The minimum atomic E-state index is -0.915. The van der Waals surface area contributed by atoms with E-state index >= 15 is 0 Å². The molecule has 0 saturated carbocycles. The molecule has 1 heterocycles. The summed E-state index contributed by atoms with van der Waals surface area (Å²) >= 11 is 0. The van der Waals surface area contributed by atoms with Gasteiger partial charge in [0.15, 0.2) is 0 Å². The second-order valence-electron chi connectivity index (χ2n) is 4.20. The summed E-state index contributed by atoms with van der Waals surface area (Å²) in [5.41, 5.74) is 1.36. The molecule has 0 bridgehead atoms. The van der Waals surface area contributed by atoms with Crippen molar-refractivity contribution < 1.29 is 9.90 Å². The van der Waals surface area contributed by atoms with Crippen LogP contribution in [-0.4, -0.2) is 34.0 Å². The van der Waals surface area contributed by atoms with Crippen LogP contribution in [0, 0.1) is 11.3 Å².